The van der Waals surface area contributed by atoms with E-state index in [9.17, 15) is 0 Å². The summed E-state index contributed by atoms with van der Waals surface area (Å²) in [6.07, 6.45) is 10.4. The van der Waals surface area contributed by atoms with Crippen molar-refractivity contribution >= 4 is 10.8 Å². The lowest BCUT2D eigenvalue weighted by molar-refractivity contribution is 0.159. The Labute approximate surface area is 208 Å². The van der Waals surface area contributed by atoms with Crippen molar-refractivity contribution in [3.8, 4) is 28.3 Å². The highest BCUT2D eigenvalue weighted by molar-refractivity contribution is 5.90. The summed E-state index contributed by atoms with van der Waals surface area (Å²) < 4.78 is 5.40. The normalized spacial score (nSPS) is 15.1. The largest absolute Gasteiger partial charge is 0.497 e. The maximum Gasteiger partial charge on any atom is 0.119 e. The van der Waals surface area contributed by atoms with E-state index in [1.807, 2.05) is 30.6 Å². The van der Waals surface area contributed by atoms with Crippen LogP contribution in [0.25, 0.3) is 33.3 Å². The number of hydrogen-bond acceptors (Lipinski definition) is 4. The van der Waals surface area contributed by atoms with E-state index in [0.29, 0.717) is 6.04 Å². The van der Waals surface area contributed by atoms with Crippen molar-refractivity contribution in [1.29, 1.82) is 0 Å². The number of fused-ring (bicyclic) bond motifs is 1. The summed E-state index contributed by atoms with van der Waals surface area (Å²) in [6, 6.07) is 17.5. The van der Waals surface area contributed by atoms with Gasteiger partial charge in [-0.25, -0.2) is 4.98 Å². The molecule has 5 rings (SSSR count). The lowest BCUT2D eigenvalue weighted by Gasteiger charge is -2.36. The lowest BCUT2D eigenvalue weighted by atomic mass is 9.89. The van der Waals surface area contributed by atoms with Crippen LogP contribution in [0, 0.1) is 0 Å². The molecule has 1 aliphatic rings. The average Bonchev–Trinajstić information content (AvgIpc) is 3.35. The highest BCUT2D eigenvalue weighted by Crippen LogP contribution is 2.36. The number of rotatable bonds is 7. The first-order valence-corrected chi connectivity index (χ1v) is 12.7. The van der Waals surface area contributed by atoms with Crippen molar-refractivity contribution in [3.63, 3.8) is 0 Å². The van der Waals surface area contributed by atoms with Crippen molar-refractivity contribution in [2.75, 3.05) is 20.7 Å². The Hall–Kier alpha value is -3.18. The predicted octanol–water partition coefficient (Wildman–Crippen LogP) is 6.84. The van der Waals surface area contributed by atoms with Crippen molar-refractivity contribution in [2.45, 2.75) is 57.4 Å². The molecule has 0 bridgehead atoms. The van der Waals surface area contributed by atoms with Crippen LogP contribution in [0.4, 0.5) is 0 Å². The van der Waals surface area contributed by atoms with Crippen LogP contribution in [0.2, 0.25) is 0 Å². The first-order chi connectivity index (χ1) is 16.9. The van der Waals surface area contributed by atoms with Gasteiger partial charge in [0.15, 0.2) is 0 Å². The zero-order chi connectivity index (χ0) is 24.4. The Bertz CT molecular complexity index is 1290. The number of methoxy groups -OCH3 is 1. The third-order valence-corrected chi connectivity index (χ3v) is 7.48. The van der Waals surface area contributed by atoms with E-state index in [1.165, 1.54) is 37.5 Å². The topological polar surface area (TPSA) is 54.0 Å². The highest BCUT2D eigenvalue weighted by atomic mass is 16.5. The van der Waals surface area contributed by atoms with Gasteiger partial charge in [-0.1, -0.05) is 51.3 Å². The molecular formula is C30H36N4O. The fourth-order valence-corrected chi connectivity index (χ4v) is 5.48. The van der Waals surface area contributed by atoms with Crippen molar-refractivity contribution < 1.29 is 4.74 Å². The number of nitrogens with zero attached hydrogens (tertiary/aromatic N) is 3. The van der Waals surface area contributed by atoms with Crippen LogP contribution in [0.5, 0.6) is 5.75 Å². The van der Waals surface area contributed by atoms with Crippen LogP contribution in [0.15, 0.2) is 60.9 Å². The van der Waals surface area contributed by atoms with Gasteiger partial charge < -0.3 is 14.6 Å². The number of H-pyrrole nitrogens is 1. The average molecular weight is 469 g/mol. The van der Waals surface area contributed by atoms with Gasteiger partial charge in [0.05, 0.1) is 18.5 Å². The van der Waals surface area contributed by atoms with Gasteiger partial charge >= 0.3 is 0 Å². The maximum absolute atomic E-state index is 5.40. The van der Waals surface area contributed by atoms with Crippen molar-refractivity contribution in [2.24, 2.45) is 0 Å². The maximum atomic E-state index is 5.40. The van der Waals surface area contributed by atoms with Crippen molar-refractivity contribution in [3.05, 3.63) is 66.7 Å². The van der Waals surface area contributed by atoms with Gasteiger partial charge in [0.1, 0.15) is 11.6 Å². The Kier molecular flexibility index (Phi) is 6.61. The molecule has 1 fully saturated rings. The van der Waals surface area contributed by atoms with E-state index in [4.69, 9.17) is 9.72 Å². The smallest absolute Gasteiger partial charge is 0.119 e. The van der Waals surface area contributed by atoms with Gasteiger partial charge in [-0.15, -0.1) is 0 Å². The molecule has 1 aliphatic carbocycles. The number of ether oxygens (including phenoxy) is 1. The van der Waals surface area contributed by atoms with Crippen molar-refractivity contribution in [1.82, 2.24) is 19.9 Å². The van der Waals surface area contributed by atoms with Crippen LogP contribution in [-0.2, 0) is 5.41 Å². The van der Waals surface area contributed by atoms with Crippen LogP contribution in [0.1, 0.15) is 51.8 Å². The number of pyridine rings is 1. The third kappa shape index (κ3) is 4.96. The molecule has 0 atom stereocenters. The quantitative estimate of drug-likeness (QED) is 0.322. The molecule has 1 N–H and O–H groups in total. The molecule has 35 heavy (non-hydrogen) atoms. The Morgan fingerprint density at radius 3 is 2.40 bits per heavy atom. The molecule has 0 aliphatic heterocycles. The Morgan fingerprint density at radius 1 is 0.943 bits per heavy atom. The minimum absolute atomic E-state index is 0.115. The Morgan fingerprint density at radius 2 is 1.66 bits per heavy atom. The van der Waals surface area contributed by atoms with Gasteiger partial charge in [0.2, 0.25) is 0 Å². The molecule has 2 aromatic heterocycles. The minimum atomic E-state index is -0.115. The molecule has 5 nitrogen and oxygen atoms in total. The molecule has 5 heteroatoms. The molecular weight excluding hydrogens is 432 g/mol. The van der Waals surface area contributed by atoms with Crippen LogP contribution >= 0.6 is 0 Å². The predicted molar refractivity (Wildman–Crippen MR) is 144 cm³/mol. The van der Waals surface area contributed by atoms with Gasteiger partial charge in [-0.05, 0) is 61.0 Å². The fraction of sp³-hybridized carbons (Fsp3) is 0.400. The summed E-state index contributed by atoms with van der Waals surface area (Å²) in [5.41, 5.74) is 4.12. The number of aromatic amines is 1. The van der Waals surface area contributed by atoms with E-state index in [2.05, 4.69) is 66.1 Å². The summed E-state index contributed by atoms with van der Waals surface area (Å²) >= 11 is 0. The lowest BCUT2D eigenvalue weighted by Crippen LogP contribution is -2.42. The van der Waals surface area contributed by atoms with Crippen LogP contribution in [-0.4, -0.2) is 46.6 Å². The standard InChI is InChI=1S/C30H36N4O/c1-30(2,20-34(3)25-8-6-5-7-9-25)29-32-27(21-14-16-31-17-15-21)28(33-29)24-11-10-23-19-26(35-4)13-12-22(23)18-24/h10-19,25H,5-9,20H2,1-4H3,(H,32,33). The Balaban J connectivity index is 1.53. The van der Waals surface area contributed by atoms with Gasteiger partial charge in [0.25, 0.3) is 0 Å². The van der Waals surface area contributed by atoms with E-state index in [-0.39, 0.29) is 5.41 Å². The number of hydrogen-bond donors (Lipinski definition) is 1. The number of benzene rings is 2. The van der Waals surface area contributed by atoms with Crippen LogP contribution in [0.3, 0.4) is 0 Å². The third-order valence-electron chi connectivity index (χ3n) is 7.48. The summed E-state index contributed by atoms with van der Waals surface area (Å²) in [6.45, 7) is 5.58. The zero-order valence-electron chi connectivity index (χ0n) is 21.3. The zero-order valence-corrected chi connectivity index (χ0v) is 21.3. The number of imidazole rings is 1. The van der Waals surface area contributed by atoms with E-state index in [0.717, 1.165) is 46.0 Å². The van der Waals surface area contributed by atoms with E-state index in [1.54, 1.807) is 7.11 Å². The number of nitrogens with one attached hydrogen (secondary N) is 1. The SMILES string of the molecule is COc1ccc2cc(-c3nc(C(C)(C)CN(C)C4CCCCC4)[nH]c3-c3ccncc3)ccc2c1. The highest BCUT2D eigenvalue weighted by Gasteiger charge is 2.31. The van der Waals surface area contributed by atoms with Gasteiger partial charge in [-0.3, -0.25) is 4.98 Å². The molecule has 0 saturated heterocycles. The first-order valence-electron chi connectivity index (χ1n) is 12.7. The monoisotopic (exact) mass is 468 g/mol. The fourth-order valence-electron chi connectivity index (χ4n) is 5.48. The summed E-state index contributed by atoms with van der Waals surface area (Å²) in [5, 5.41) is 2.33. The second kappa shape index (κ2) is 9.82. The molecule has 2 aromatic carbocycles. The molecule has 0 spiro atoms. The molecule has 0 unspecified atom stereocenters. The van der Waals surface area contributed by atoms with E-state index >= 15 is 0 Å². The van der Waals surface area contributed by atoms with Crippen LogP contribution < -0.4 is 4.74 Å². The van der Waals surface area contributed by atoms with Gasteiger partial charge in [-0.2, -0.15) is 0 Å². The first kappa shape index (κ1) is 23.6. The number of likely N-dealkylation sites (N-methyl/N-ethyl adjacent to an activating group) is 1. The van der Waals surface area contributed by atoms with Gasteiger partial charge in [0, 0.05) is 41.5 Å². The molecule has 0 amide bonds. The van der Waals surface area contributed by atoms with E-state index < -0.39 is 0 Å². The molecule has 182 valence electrons. The molecule has 0 radical (unpaired) electrons. The minimum Gasteiger partial charge on any atom is -0.497 e. The second-order valence-corrected chi connectivity index (χ2v) is 10.6. The summed E-state index contributed by atoms with van der Waals surface area (Å²) in [4.78, 5) is 15.7. The molecule has 2 heterocycles. The molecule has 1 saturated carbocycles. The summed E-state index contributed by atoms with van der Waals surface area (Å²) in [7, 11) is 3.98. The second-order valence-electron chi connectivity index (χ2n) is 10.6. The number of aromatic nitrogens is 3. The molecule has 4 aromatic rings. The summed E-state index contributed by atoms with van der Waals surface area (Å²) in [5.74, 6) is 1.89.